The Kier molecular flexibility index (Phi) is 5.48. The van der Waals surface area contributed by atoms with Crippen molar-refractivity contribution in [2.24, 2.45) is 0 Å². The van der Waals surface area contributed by atoms with E-state index in [4.69, 9.17) is 11.6 Å². The molecule has 33 heavy (non-hydrogen) atoms. The second kappa shape index (κ2) is 8.60. The van der Waals surface area contributed by atoms with Crippen molar-refractivity contribution in [2.75, 3.05) is 6.54 Å². The molecule has 3 aromatic carbocycles. The Morgan fingerprint density at radius 2 is 1.64 bits per heavy atom. The molecule has 1 aliphatic rings. The average molecular weight is 457 g/mol. The molecule has 0 spiro atoms. The molecule has 164 valence electrons. The third kappa shape index (κ3) is 3.70. The van der Waals surface area contributed by atoms with Gasteiger partial charge in [0.1, 0.15) is 5.76 Å². The predicted molar refractivity (Wildman–Crippen MR) is 129 cm³/mol. The number of halogens is 1. The molecule has 1 aromatic heterocycles. The fourth-order valence-electron chi connectivity index (χ4n) is 4.46. The molecule has 1 aliphatic heterocycles. The van der Waals surface area contributed by atoms with Gasteiger partial charge in [-0.15, -0.1) is 0 Å². The lowest BCUT2D eigenvalue weighted by Gasteiger charge is -2.26. The predicted octanol–water partition coefficient (Wildman–Crippen LogP) is 5.49. The minimum absolute atomic E-state index is 0.0539. The zero-order chi connectivity index (χ0) is 22.9. The maximum absolute atomic E-state index is 13.1. The largest absolute Gasteiger partial charge is 0.507 e. The normalized spacial score (nSPS) is 17.7. The van der Waals surface area contributed by atoms with E-state index in [9.17, 15) is 14.7 Å². The molecule has 5 nitrogen and oxygen atoms in total. The minimum Gasteiger partial charge on any atom is -0.507 e. The first kappa shape index (κ1) is 21.0. The smallest absolute Gasteiger partial charge is 0.295 e. The Balaban J connectivity index is 1.58. The van der Waals surface area contributed by atoms with E-state index in [-0.39, 0.29) is 11.3 Å². The molecule has 1 amide bonds. The summed E-state index contributed by atoms with van der Waals surface area (Å²) >= 11 is 6.50. The summed E-state index contributed by atoms with van der Waals surface area (Å²) in [6.07, 6.45) is 2.47. The van der Waals surface area contributed by atoms with Crippen LogP contribution in [0, 0.1) is 0 Å². The number of ketones is 1. The number of rotatable bonds is 5. The fourth-order valence-corrected chi connectivity index (χ4v) is 4.70. The highest BCUT2D eigenvalue weighted by molar-refractivity contribution is 6.47. The van der Waals surface area contributed by atoms with Gasteiger partial charge in [-0.1, -0.05) is 78.3 Å². The summed E-state index contributed by atoms with van der Waals surface area (Å²) < 4.78 is 0. The molecule has 0 radical (unpaired) electrons. The molecule has 1 unspecified atom stereocenters. The average Bonchev–Trinajstić information content (AvgIpc) is 3.37. The zero-order valence-electron chi connectivity index (χ0n) is 17.7. The number of hydrogen-bond donors (Lipinski definition) is 2. The Labute approximate surface area is 195 Å². The highest BCUT2D eigenvalue weighted by Crippen LogP contribution is 2.41. The van der Waals surface area contributed by atoms with E-state index in [1.807, 2.05) is 42.6 Å². The lowest BCUT2D eigenvalue weighted by molar-refractivity contribution is -0.139. The number of amides is 1. The molecular weight excluding hydrogens is 436 g/mol. The summed E-state index contributed by atoms with van der Waals surface area (Å²) in [4.78, 5) is 31.0. The van der Waals surface area contributed by atoms with Crippen LogP contribution in [-0.4, -0.2) is 33.2 Å². The third-order valence-corrected chi connectivity index (χ3v) is 6.43. The number of para-hydroxylation sites is 1. The van der Waals surface area contributed by atoms with Gasteiger partial charge in [-0.05, 0) is 29.7 Å². The SMILES string of the molecule is O=C1C(=O)N(CCc2c[nH]c3ccccc23)C(c2ccccc2Cl)/C1=C(/O)c1ccccc1. The number of aromatic nitrogens is 1. The van der Waals surface area contributed by atoms with E-state index in [1.165, 1.54) is 4.90 Å². The van der Waals surface area contributed by atoms with Gasteiger partial charge in [-0.3, -0.25) is 9.59 Å². The summed E-state index contributed by atoms with van der Waals surface area (Å²) in [7, 11) is 0. The van der Waals surface area contributed by atoms with E-state index in [1.54, 1.807) is 42.5 Å². The molecule has 1 atom stereocenters. The zero-order valence-corrected chi connectivity index (χ0v) is 18.4. The second-order valence-corrected chi connectivity index (χ2v) is 8.40. The van der Waals surface area contributed by atoms with Crippen molar-refractivity contribution in [3.63, 3.8) is 0 Å². The number of nitrogens with zero attached hydrogens (tertiary/aromatic N) is 1. The number of hydrogen-bond acceptors (Lipinski definition) is 3. The second-order valence-electron chi connectivity index (χ2n) is 7.99. The van der Waals surface area contributed by atoms with Crippen molar-refractivity contribution in [3.8, 4) is 0 Å². The van der Waals surface area contributed by atoms with Gasteiger partial charge in [0.25, 0.3) is 11.7 Å². The highest BCUT2D eigenvalue weighted by atomic mass is 35.5. The van der Waals surface area contributed by atoms with E-state index in [2.05, 4.69) is 4.98 Å². The lowest BCUT2D eigenvalue weighted by Crippen LogP contribution is -2.31. The van der Waals surface area contributed by atoms with E-state index in [0.717, 1.165) is 16.5 Å². The quantitative estimate of drug-likeness (QED) is 0.237. The number of aliphatic hydroxyl groups is 1. The summed E-state index contributed by atoms with van der Waals surface area (Å²) in [5.41, 5.74) is 3.20. The van der Waals surface area contributed by atoms with Gasteiger partial charge in [0, 0.05) is 34.2 Å². The van der Waals surface area contributed by atoms with Crippen molar-refractivity contribution in [1.29, 1.82) is 0 Å². The van der Waals surface area contributed by atoms with Crippen LogP contribution in [-0.2, 0) is 16.0 Å². The number of fused-ring (bicyclic) bond motifs is 1. The molecular formula is C27H21ClN2O3. The molecule has 1 saturated heterocycles. The van der Waals surface area contributed by atoms with E-state index < -0.39 is 17.7 Å². The van der Waals surface area contributed by atoms with Gasteiger partial charge in [-0.25, -0.2) is 0 Å². The van der Waals surface area contributed by atoms with Crippen LogP contribution in [0.15, 0.2) is 90.6 Å². The van der Waals surface area contributed by atoms with Crippen LogP contribution < -0.4 is 0 Å². The molecule has 0 bridgehead atoms. The van der Waals surface area contributed by atoms with Crippen molar-refractivity contribution in [1.82, 2.24) is 9.88 Å². The first-order valence-electron chi connectivity index (χ1n) is 10.7. The molecule has 2 heterocycles. The maximum atomic E-state index is 13.1. The number of nitrogens with one attached hydrogen (secondary N) is 1. The van der Waals surface area contributed by atoms with Gasteiger partial charge in [0.05, 0.1) is 11.6 Å². The van der Waals surface area contributed by atoms with Crippen molar-refractivity contribution >= 4 is 40.0 Å². The van der Waals surface area contributed by atoms with E-state index >= 15 is 0 Å². The minimum atomic E-state index is -0.774. The Morgan fingerprint density at radius 3 is 2.42 bits per heavy atom. The summed E-state index contributed by atoms with van der Waals surface area (Å²) in [5, 5.41) is 12.6. The van der Waals surface area contributed by atoms with Crippen LogP contribution in [0.3, 0.4) is 0 Å². The number of benzene rings is 3. The number of aliphatic hydroxyl groups excluding tert-OH is 1. The maximum Gasteiger partial charge on any atom is 0.295 e. The molecule has 5 rings (SSSR count). The van der Waals surface area contributed by atoms with E-state index in [0.29, 0.717) is 29.1 Å². The molecule has 0 saturated carbocycles. The third-order valence-electron chi connectivity index (χ3n) is 6.08. The van der Waals surface area contributed by atoms with Gasteiger partial charge in [0.2, 0.25) is 0 Å². The first-order chi connectivity index (χ1) is 16.1. The van der Waals surface area contributed by atoms with Crippen molar-refractivity contribution < 1.29 is 14.7 Å². The summed E-state index contributed by atoms with van der Waals surface area (Å²) in [6.45, 7) is 0.299. The molecule has 6 heteroatoms. The van der Waals surface area contributed by atoms with Gasteiger partial charge >= 0.3 is 0 Å². The molecule has 2 N–H and O–H groups in total. The lowest BCUT2D eigenvalue weighted by atomic mass is 9.95. The number of aromatic amines is 1. The van der Waals surface area contributed by atoms with Crippen LogP contribution in [0.1, 0.15) is 22.7 Å². The van der Waals surface area contributed by atoms with Gasteiger partial charge < -0.3 is 15.0 Å². The van der Waals surface area contributed by atoms with Crippen LogP contribution in [0.2, 0.25) is 5.02 Å². The number of likely N-dealkylation sites (tertiary alicyclic amines) is 1. The summed E-state index contributed by atoms with van der Waals surface area (Å²) in [5.74, 6) is -1.55. The van der Waals surface area contributed by atoms with Gasteiger partial charge in [0.15, 0.2) is 0 Å². The molecule has 4 aromatic rings. The molecule has 1 fully saturated rings. The summed E-state index contributed by atoms with van der Waals surface area (Å²) in [6, 6.07) is 23.1. The van der Waals surface area contributed by atoms with Crippen LogP contribution in [0.25, 0.3) is 16.7 Å². The Hall–Kier alpha value is -3.83. The van der Waals surface area contributed by atoms with Crippen LogP contribution >= 0.6 is 11.6 Å². The Morgan fingerprint density at radius 1 is 0.939 bits per heavy atom. The van der Waals surface area contributed by atoms with Crippen molar-refractivity contribution in [3.05, 3.63) is 112 Å². The standard InChI is InChI=1S/C27H21ClN2O3/c28-21-12-6-4-11-20(21)24-23(25(31)17-8-2-1-3-9-17)26(32)27(33)30(24)15-14-18-16-29-22-13-7-5-10-19(18)22/h1-13,16,24,29,31H,14-15H2/b25-23-. The number of carbonyl (C=O) groups is 2. The highest BCUT2D eigenvalue weighted by Gasteiger charge is 2.46. The van der Waals surface area contributed by atoms with Gasteiger partial charge in [-0.2, -0.15) is 0 Å². The Bertz CT molecular complexity index is 1390. The van der Waals surface area contributed by atoms with Crippen LogP contribution in [0.4, 0.5) is 0 Å². The fraction of sp³-hybridized carbons (Fsp3) is 0.111. The van der Waals surface area contributed by atoms with Crippen LogP contribution in [0.5, 0.6) is 0 Å². The molecule has 0 aliphatic carbocycles. The number of carbonyl (C=O) groups excluding carboxylic acids is 2. The first-order valence-corrected chi connectivity index (χ1v) is 11.1. The topological polar surface area (TPSA) is 73.4 Å². The number of H-pyrrole nitrogens is 1. The number of Topliss-reactive ketones (excluding diaryl/α,β-unsaturated/α-hetero) is 1. The monoisotopic (exact) mass is 456 g/mol. The van der Waals surface area contributed by atoms with Crippen molar-refractivity contribution in [2.45, 2.75) is 12.5 Å².